The summed E-state index contributed by atoms with van der Waals surface area (Å²) in [6.07, 6.45) is 0.938. The summed E-state index contributed by atoms with van der Waals surface area (Å²) in [7, 11) is 4.16. The van der Waals surface area contributed by atoms with Gasteiger partial charge in [0.15, 0.2) is 0 Å². The van der Waals surface area contributed by atoms with Gasteiger partial charge in [0.05, 0.1) is 4.34 Å². The Kier molecular flexibility index (Phi) is 5.21. The molecule has 0 radical (unpaired) electrons. The first-order valence-electron chi connectivity index (χ1n) is 7.68. The minimum atomic E-state index is 0.0145. The van der Waals surface area contributed by atoms with E-state index in [0.29, 0.717) is 0 Å². The van der Waals surface area contributed by atoms with Gasteiger partial charge in [0.2, 0.25) is 0 Å². The predicted molar refractivity (Wildman–Crippen MR) is 99.8 cm³/mol. The molecule has 1 aromatic heterocycles. The molecule has 0 N–H and O–H groups in total. The van der Waals surface area contributed by atoms with Gasteiger partial charge in [-0.3, -0.25) is 0 Å². The molecular weight excluding hydrogens is 326 g/mol. The quantitative estimate of drug-likeness (QED) is 0.574. The van der Waals surface area contributed by atoms with Crippen LogP contribution in [0.4, 0.5) is 0 Å². The first kappa shape index (κ1) is 16.3. The van der Waals surface area contributed by atoms with E-state index in [4.69, 9.17) is 16.3 Å². The molecule has 4 heteroatoms. The Hall–Kier alpha value is -1.55. The van der Waals surface area contributed by atoms with Crippen LogP contribution < -0.4 is 4.74 Å². The zero-order chi connectivity index (χ0) is 16.2. The van der Waals surface area contributed by atoms with Crippen molar-refractivity contribution in [2.75, 3.05) is 20.6 Å². The summed E-state index contributed by atoms with van der Waals surface area (Å²) in [4.78, 5) is 3.35. The summed E-state index contributed by atoms with van der Waals surface area (Å²) in [6, 6.07) is 18.5. The second-order valence-electron chi connectivity index (χ2n) is 5.82. The Bertz CT molecular complexity index is 778. The molecule has 120 valence electrons. The summed E-state index contributed by atoms with van der Waals surface area (Å²) in [5, 5.41) is 2.34. The molecule has 3 rings (SSSR count). The van der Waals surface area contributed by atoms with Crippen molar-refractivity contribution in [3.05, 3.63) is 63.8 Å². The molecule has 1 unspecified atom stereocenters. The summed E-state index contributed by atoms with van der Waals surface area (Å²) >= 11 is 7.71. The Balaban J connectivity index is 1.90. The molecule has 1 atom stereocenters. The van der Waals surface area contributed by atoms with Gasteiger partial charge in [0, 0.05) is 23.2 Å². The van der Waals surface area contributed by atoms with Crippen molar-refractivity contribution in [2.24, 2.45) is 0 Å². The molecule has 0 aliphatic carbocycles. The summed E-state index contributed by atoms with van der Waals surface area (Å²) in [6.45, 7) is 0.963. The molecule has 23 heavy (non-hydrogen) atoms. The van der Waals surface area contributed by atoms with Crippen molar-refractivity contribution in [1.29, 1.82) is 0 Å². The molecule has 2 aromatic carbocycles. The molecule has 0 aliphatic heterocycles. The maximum absolute atomic E-state index is 6.40. The van der Waals surface area contributed by atoms with Gasteiger partial charge < -0.3 is 9.64 Å². The fraction of sp³-hybridized carbons (Fsp3) is 0.263. The van der Waals surface area contributed by atoms with Gasteiger partial charge in [-0.05, 0) is 37.7 Å². The highest BCUT2D eigenvalue weighted by atomic mass is 35.5. The fourth-order valence-corrected chi connectivity index (χ4v) is 3.71. The van der Waals surface area contributed by atoms with Gasteiger partial charge in [0.25, 0.3) is 0 Å². The van der Waals surface area contributed by atoms with Crippen molar-refractivity contribution < 1.29 is 4.74 Å². The van der Waals surface area contributed by atoms with Crippen molar-refractivity contribution in [1.82, 2.24) is 4.90 Å². The highest BCUT2D eigenvalue weighted by Gasteiger charge is 2.17. The number of benzene rings is 2. The minimum Gasteiger partial charge on any atom is -0.484 e. The third-order valence-corrected chi connectivity index (χ3v) is 5.09. The van der Waals surface area contributed by atoms with Crippen LogP contribution >= 0.6 is 22.9 Å². The number of halogens is 1. The van der Waals surface area contributed by atoms with E-state index in [9.17, 15) is 0 Å². The van der Waals surface area contributed by atoms with E-state index in [2.05, 4.69) is 49.3 Å². The third-order valence-electron chi connectivity index (χ3n) is 3.77. The molecule has 0 spiro atoms. The van der Waals surface area contributed by atoms with E-state index in [1.165, 1.54) is 10.3 Å². The van der Waals surface area contributed by atoms with Crippen LogP contribution in [0, 0.1) is 0 Å². The van der Waals surface area contributed by atoms with Crippen LogP contribution in [0.1, 0.15) is 17.4 Å². The fourth-order valence-electron chi connectivity index (χ4n) is 2.59. The highest BCUT2D eigenvalue weighted by molar-refractivity contribution is 7.16. The van der Waals surface area contributed by atoms with Crippen LogP contribution in [0.15, 0.2) is 54.6 Å². The smallest absolute Gasteiger partial charge is 0.134 e. The third kappa shape index (κ3) is 4.05. The predicted octanol–water partition coefficient (Wildman–Crippen LogP) is 5.63. The first-order valence-corrected chi connectivity index (χ1v) is 8.87. The van der Waals surface area contributed by atoms with Crippen LogP contribution in [0.3, 0.4) is 0 Å². The maximum atomic E-state index is 6.40. The summed E-state index contributed by atoms with van der Waals surface area (Å²) < 4.78 is 7.20. The summed E-state index contributed by atoms with van der Waals surface area (Å²) in [5.41, 5.74) is 0. The van der Waals surface area contributed by atoms with E-state index in [0.717, 1.165) is 28.4 Å². The van der Waals surface area contributed by atoms with Gasteiger partial charge >= 0.3 is 0 Å². The van der Waals surface area contributed by atoms with Crippen molar-refractivity contribution in [3.8, 4) is 5.75 Å². The Morgan fingerprint density at radius 3 is 2.57 bits per heavy atom. The van der Waals surface area contributed by atoms with Gasteiger partial charge in [0.1, 0.15) is 11.9 Å². The molecule has 0 fully saturated rings. The Labute approximate surface area is 146 Å². The van der Waals surface area contributed by atoms with Crippen LogP contribution in [0.5, 0.6) is 5.75 Å². The number of ether oxygens (including phenoxy) is 1. The lowest BCUT2D eigenvalue weighted by Crippen LogP contribution is -2.18. The van der Waals surface area contributed by atoms with Crippen LogP contribution in [0.2, 0.25) is 4.34 Å². The molecule has 0 saturated carbocycles. The molecular formula is C19H20ClNOS. The van der Waals surface area contributed by atoms with Crippen molar-refractivity contribution in [2.45, 2.75) is 12.5 Å². The molecule has 1 heterocycles. The van der Waals surface area contributed by atoms with Crippen LogP contribution in [0.25, 0.3) is 10.8 Å². The van der Waals surface area contributed by atoms with E-state index in [-0.39, 0.29) is 6.10 Å². The zero-order valence-electron chi connectivity index (χ0n) is 13.3. The largest absolute Gasteiger partial charge is 0.484 e. The first-order chi connectivity index (χ1) is 11.1. The van der Waals surface area contributed by atoms with E-state index >= 15 is 0 Å². The van der Waals surface area contributed by atoms with E-state index in [1.54, 1.807) is 11.3 Å². The SMILES string of the molecule is CN(C)CCC(Oc1cccc2ccccc12)c1ccc(Cl)s1. The molecule has 0 saturated heterocycles. The number of thiophene rings is 1. The number of fused-ring (bicyclic) bond motifs is 1. The number of hydrogen-bond acceptors (Lipinski definition) is 3. The van der Waals surface area contributed by atoms with Gasteiger partial charge in [-0.15, -0.1) is 11.3 Å². The topological polar surface area (TPSA) is 12.5 Å². The van der Waals surface area contributed by atoms with Crippen LogP contribution in [-0.4, -0.2) is 25.5 Å². The lowest BCUT2D eigenvalue weighted by molar-refractivity contribution is 0.185. The molecule has 2 nitrogen and oxygen atoms in total. The Morgan fingerprint density at radius 2 is 1.83 bits per heavy atom. The zero-order valence-corrected chi connectivity index (χ0v) is 14.9. The van der Waals surface area contributed by atoms with E-state index < -0.39 is 0 Å². The standard InChI is InChI=1S/C19H20ClNOS/c1-21(2)13-12-17(18-10-11-19(20)23-18)22-16-9-5-7-14-6-3-4-8-15(14)16/h3-11,17H,12-13H2,1-2H3. The lowest BCUT2D eigenvalue weighted by atomic mass is 10.1. The highest BCUT2D eigenvalue weighted by Crippen LogP contribution is 2.35. The molecule has 0 amide bonds. The van der Waals surface area contributed by atoms with Crippen molar-refractivity contribution in [3.63, 3.8) is 0 Å². The lowest BCUT2D eigenvalue weighted by Gasteiger charge is -2.21. The molecule has 3 aromatic rings. The van der Waals surface area contributed by atoms with Gasteiger partial charge in [-0.1, -0.05) is 48.0 Å². The second-order valence-corrected chi connectivity index (χ2v) is 7.56. The summed E-state index contributed by atoms with van der Waals surface area (Å²) in [5.74, 6) is 0.927. The number of nitrogens with zero attached hydrogens (tertiary/aromatic N) is 1. The van der Waals surface area contributed by atoms with Gasteiger partial charge in [-0.2, -0.15) is 0 Å². The monoisotopic (exact) mass is 345 g/mol. The number of hydrogen-bond donors (Lipinski definition) is 0. The van der Waals surface area contributed by atoms with Gasteiger partial charge in [-0.25, -0.2) is 0 Å². The second kappa shape index (κ2) is 7.35. The van der Waals surface area contributed by atoms with Crippen molar-refractivity contribution >= 4 is 33.7 Å². The molecule has 0 aliphatic rings. The van der Waals surface area contributed by atoms with Crippen LogP contribution in [-0.2, 0) is 0 Å². The number of rotatable bonds is 6. The molecule has 0 bridgehead atoms. The normalized spacial score (nSPS) is 12.7. The average Bonchev–Trinajstić information content (AvgIpc) is 2.97. The average molecular weight is 346 g/mol. The maximum Gasteiger partial charge on any atom is 0.134 e. The van der Waals surface area contributed by atoms with E-state index in [1.807, 2.05) is 24.3 Å². The Morgan fingerprint density at radius 1 is 1.04 bits per heavy atom. The minimum absolute atomic E-state index is 0.0145.